The number of anilines is 1. The normalized spacial score (nSPS) is 11.2. The molecule has 0 bridgehead atoms. The second-order valence-corrected chi connectivity index (χ2v) is 10.2. The third-order valence-electron chi connectivity index (χ3n) is 5.98. The molecule has 0 aliphatic carbocycles. The van der Waals surface area contributed by atoms with Crippen LogP contribution in [0.4, 0.5) is 5.69 Å². The van der Waals surface area contributed by atoms with E-state index in [2.05, 4.69) is 21.6 Å². The number of carbonyl (C=O) groups excluding carboxylic acids is 1. The van der Waals surface area contributed by atoms with Crippen LogP contribution in [0.15, 0.2) is 47.4 Å². The number of esters is 1. The smallest absolute Gasteiger partial charge is 0.374 e. The maximum Gasteiger partial charge on any atom is 0.374 e. The Hall–Kier alpha value is -2.91. The summed E-state index contributed by atoms with van der Waals surface area (Å²) in [7, 11) is -2.79. The van der Waals surface area contributed by atoms with E-state index in [1.165, 1.54) is 64.5 Å². The topological polar surface area (TPSA) is 135 Å². The van der Waals surface area contributed by atoms with Gasteiger partial charge in [0.1, 0.15) is 0 Å². The zero-order chi connectivity index (χ0) is 26.4. The molecule has 4 N–H and O–H groups in total. The quantitative estimate of drug-likeness (QED) is 0.104. The Balaban J connectivity index is 0.000000278. The molecular weight excluding hydrogens is 478 g/mol. The Morgan fingerprint density at radius 1 is 0.944 bits per heavy atom. The molecule has 0 aliphatic heterocycles. The molecule has 0 radical (unpaired) electrons. The Morgan fingerprint density at radius 2 is 1.56 bits per heavy atom. The number of rotatable bonds is 13. The first kappa shape index (κ1) is 29.3. The van der Waals surface area contributed by atoms with E-state index in [1.807, 2.05) is 6.07 Å². The summed E-state index contributed by atoms with van der Waals surface area (Å²) < 4.78 is 36.3. The van der Waals surface area contributed by atoms with Crippen LogP contribution in [-0.2, 0) is 21.3 Å². The average Bonchev–Trinajstić information content (AvgIpc) is 3.31. The fourth-order valence-electron chi connectivity index (χ4n) is 4.01. The lowest BCUT2D eigenvalue weighted by atomic mass is 10.0. The van der Waals surface area contributed by atoms with Crippen LogP contribution in [0.2, 0.25) is 0 Å². The first-order valence-electron chi connectivity index (χ1n) is 12.7. The van der Waals surface area contributed by atoms with Crippen molar-refractivity contribution in [2.45, 2.75) is 82.4 Å². The van der Waals surface area contributed by atoms with E-state index >= 15 is 0 Å². The molecule has 36 heavy (non-hydrogen) atoms. The number of hydrogen-bond acceptors (Lipinski definition) is 6. The fourth-order valence-corrected chi connectivity index (χ4v) is 4.76. The van der Waals surface area contributed by atoms with Crippen molar-refractivity contribution in [2.24, 2.45) is 0 Å². The molecule has 1 heterocycles. The molecule has 0 fully saturated rings. The number of nitrogens with zero attached hydrogens (tertiary/aromatic N) is 1. The van der Waals surface area contributed by atoms with Crippen LogP contribution >= 0.6 is 0 Å². The molecule has 0 saturated heterocycles. The van der Waals surface area contributed by atoms with Crippen molar-refractivity contribution in [3.63, 3.8) is 0 Å². The average molecular weight is 518 g/mol. The molecule has 0 saturated carbocycles. The number of nitrogen functional groups attached to an aromatic ring is 1. The number of imidazole rings is 1. The molecular formula is C27H39N3O5S. The molecule has 2 aromatic carbocycles. The number of H-pyrrole nitrogens is 1. The zero-order valence-corrected chi connectivity index (χ0v) is 22.1. The number of hydrogen-bond donors (Lipinski definition) is 3. The van der Waals surface area contributed by atoms with Crippen LogP contribution in [0.25, 0.3) is 11.0 Å². The van der Waals surface area contributed by atoms with E-state index < -0.39 is 16.1 Å². The minimum Gasteiger partial charge on any atom is -0.463 e. The van der Waals surface area contributed by atoms with Gasteiger partial charge in [0.05, 0.1) is 28.7 Å². The third kappa shape index (κ3) is 9.62. The highest BCUT2D eigenvalue weighted by Crippen LogP contribution is 2.19. The lowest BCUT2D eigenvalue weighted by Crippen LogP contribution is -2.03. The van der Waals surface area contributed by atoms with Crippen LogP contribution in [-0.4, -0.2) is 36.0 Å². The first-order chi connectivity index (χ1) is 17.3. The second kappa shape index (κ2) is 15.3. The van der Waals surface area contributed by atoms with Crippen LogP contribution in [0.5, 0.6) is 0 Å². The third-order valence-corrected chi connectivity index (χ3v) is 6.93. The molecule has 3 aromatic rings. The molecule has 0 atom stereocenters. The minimum absolute atomic E-state index is 0.0610. The van der Waals surface area contributed by atoms with Crippen molar-refractivity contribution in [1.29, 1.82) is 0 Å². The van der Waals surface area contributed by atoms with E-state index in [9.17, 15) is 17.8 Å². The highest BCUT2D eigenvalue weighted by molar-refractivity contribution is 7.85. The SMILES string of the molecule is CCCCCCCCCCCCc1ccccc1S(=O)(=O)O.COC(=O)c1nc2cccc(N)c2[nH]1. The number of carbonyl (C=O) groups is 1. The number of nitrogens with two attached hydrogens (primary N) is 1. The maximum absolute atomic E-state index is 11.3. The highest BCUT2D eigenvalue weighted by atomic mass is 32.2. The summed E-state index contributed by atoms with van der Waals surface area (Å²) in [5, 5.41) is 0. The van der Waals surface area contributed by atoms with Gasteiger partial charge in [-0.1, -0.05) is 89.0 Å². The van der Waals surface area contributed by atoms with Crippen LogP contribution in [0.1, 0.15) is 87.3 Å². The number of unbranched alkanes of at least 4 members (excludes halogenated alkanes) is 9. The largest absolute Gasteiger partial charge is 0.463 e. The Morgan fingerprint density at radius 3 is 2.14 bits per heavy atom. The van der Waals surface area contributed by atoms with Gasteiger partial charge in [0.25, 0.3) is 10.1 Å². The zero-order valence-electron chi connectivity index (χ0n) is 21.3. The maximum atomic E-state index is 11.3. The fraction of sp³-hybridized carbons (Fsp3) is 0.481. The Labute approximate surface area is 214 Å². The van der Waals surface area contributed by atoms with E-state index in [-0.39, 0.29) is 10.7 Å². The summed E-state index contributed by atoms with van der Waals surface area (Å²) >= 11 is 0. The number of ether oxygens (including phenoxy) is 1. The number of aryl methyl sites for hydroxylation is 1. The van der Waals surface area contributed by atoms with Crippen molar-refractivity contribution in [3.8, 4) is 0 Å². The summed E-state index contributed by atoms with van der Waals surface area (Å²) in [5.41, 5.74) is 8.29. The molecule has 0 aliphatic rings. The van der Waals surface area contributed by atoms with Crippen molar-refractivity contribution in [1.82, 2.24) is 9.97 Å². The molecule has 198 valence electrons. The molecule has 8 nitrogen and oxygen atoms in total. The monoisotopic (exact) mass is 517 g/mol. The van der Waals surface area contributed by atoms with Gasteiger partial charge >= 0.3 is 5.97 Å². The summed E-state index contributed by atoms with van der Waals surface area (Å²) in [6.07, 6.45) is 13.3. The Bertz CT molecular complexity index is 1190. The lowest BCUT2D eigenvalue weighted by molar-refractivity contribution is 0.0588. The number of methoxy groups -OCH3 is 1. The van der Waals surface area contributed by atoms with E-state index in [0.717, 1.165) is 18.4 Å². The summed E-state index contributed by atoms with van der Waals surface area (Å²) in [6.45, 7) is 2.24. The van der Waals surface area contributed by atoms with Gasteiger partial charge < -0.3 is 15.5 Å². The Kier molecular flexibility index (Phi) is 12.4. The predicted octanol–water partition coefficient (Wildman–Crippen LogP) is 6.33. The minimum atomic E-state index is -4.10. The van der Waals surface area contributed by atoms with Crippen LogP contribution in [0, 0.1) is 0 Å². The molecule has 0 amide bonds. The molecule has 9 heteroatoms. The molecule has 0 unspecified atom stereocenters. The van der Waals surface area contributed by atoms with Gasteiger partial charge in [0.15, 0.2) is 0 Å². The number of fused-ring (bicyclic) bond motifs is 1. The molecule has 1 aromatic heterocycles. The lowest BCUT2D eigenvalue weighted by Gasteiger charge is -2.07. The van der Waals surface area contributed by atoms with Crippen LogP contribution in [0.3, 0.4) is 0 Å². The standard InChI is InChI=1S/C18H30O3S.C9H9N3O2/c1-2-3-4-5-6-7-8-9-10-11-14-17-15-12-13-16-18(17)22(19,20)21;1-14-9(13)8-11-6-4-2-3-5(10)7(6)12-8/h12-13,15-16H,2-11,14H2,1H3,(H,19,20,21);2-4H,10H2,1H3,(H,11,12). The van der Waals surface area contributed by atoms with Gasteiger partial charge in [-0.25, -0.2) is 9.78 Å². The number of para-hydroxylation sites is 1. The van der Waals surface area contributed by atoms with E-state index in [1.54, 1.807) is 30.3 Å². The van der Waals surface area contributed by atoms with E-state index in [4.69, 9.17) is 5.73 Å². The summed E-state index contributed by atoms with van der Waals surface area (Å²) in [6, 6.07) is 12.0. The van der Waals surface area contributed by atoms with Gasteiger partial charge in [-0.2, -0.15) is 8.42 Å². The number of aromatic amines is 1. The number of aromatic nitrogens is 2. The summed E-state index contributed by atoms with van der Waals surface area (Å²) in [4.78, 5) is 18.0. The van der Waals surface area contributed by atoms with Crippen molar-refractivity contribution in [3.05, 3.63) is 53.9 Å². The van der Waals surface area contributed by atoms with Gasteiger partial charge in [-0.05, 0) is 36.6 Å². The van der Waals surface area contributed by atoms with Gasteiger partial charge in [-0.3, -0.25) is 4.55 Å². The highest BCUT2D eigenvalue weighted by Gasteiger charge is 2.14. The predicted molar refractivity (Wildman–Crippen MR) is 144 cm³/mol. The van der Waals surface area contributed by atoms with Crippen molar-refractivity contribution < 1.29 is 22.5 Å². The van der Waals surface area contributed by atoms with Crippen molar-refractivity contribution in [2.75, 3.05) is 12.8 Å². The van der Waals surface area contributed by atoms with Gasteiger partial charge in [0, 0.05) is 0 Å². The van der Waals surface area contributed by atoms with Crippen molar-refractivity contribution >= 4 is 32.8 Å². The number of benzene rings is 2. The summed E-state index contributed by atoms with van der Waals surface area (Å²) in [5.74, 6) is -0.332. The molecule has 0 spiro atoms. The van der Waals surface area contributed by atoms with E-state index in [0.29, 0.717) is 23.1 Å². The number of nitrogens with one attached hydrogen (secondary N) is 1. The second-order valence-electron chi connectivity index (χ2n) is 8.83. The van der Waals surface area contributed by atoms with Gasteiger partial charge in [-0.15, -0.1) is 0 Å². The molecule has 3 rings (SSSR count). The van der Waals surface area contributed by atoms with Crippen LogP contribution < -0.4 is 5.73 Å². The first-order valence-corrected chi connectivity index (χ1v) is 14.1. The van der Waals surface area contributed by atoms with Gasteiger partial charge in [0.2, 0.25) is 5.82 Å².